The van der Waals surface area contributed by atoms with Crippen LogP contribution in [-0.4, -0.2) is 31.0 Å². The molecule has 1 amide bonds. The molecule has 1 aromatic rings. The van der Waals surface area contributed by atoms with Gasteiger partial charge in [0.2, 0.25) is 0 Å². The molecule has 0 fully saturated rings. The molecule has 0 saturated heterocycles. The molecule has 0 aliphatic carbocycles. The Balaban J connectivity index is 3.12. The van der Waals surface area contributed by atoms with Crippen LogP contribution in [0.3, 0.4) is 0 Å². The summed E-state index contributed by atoms with van der Waals surface area (Å²) in [5, 5.41) is 17.3. The number of anilines is 1. The molecule has 2 N–H and O–H groups in total. The van der Waals surface area contributed by atoms with E-state index in [1.807, 2.05) is 12.1 Å². The molecule has 0 radical (unpaired) electrons. The molecule has 18 heavy (non-hydrogen) atoms. The molecule has 0 aliphatic rings. The summed E-state index contributed by atoms with van der Waals surface area (Å²) in [5.74, 6) is -0.0997. The highest BCUT2D eigenvalue weighted by Crippen LogP contribution is 2.22. The van der Waals surface area contributed by atoms with E-state index in [1.54, 1.807) is 12.1 Å². The summed E-state index contributed by atoms with van der Waals surface area (Å²) in [6, 6.07) is 8.31. The minimum atomic E-state index is -0.456. The molecule has 0 unspecified atom stereocenters. The lowest BCUT2D eigenvalue weighted by Crippen LogP contribution is -2.32. The number of nitrogen functional groups attached to an aromatic ring is 1. The first-order chi connectivity index (χ1) is 8.63. The number of carbonyl (C=O) groups excluding carboxylic acids is 1. The summed E-state index contributed by atoms with van der Waals surface area (Å²) in [5.41, 5.74) is 6.26. The number of nitriles is 2. The van der Waals surface area contributed by atoms with Crippen LogP contribution in [0.5, 0.6) is 5.75 Å². The Hall–Kier alpha value is -2.73. The maximum absolute atomic E-state index is 12.1. The van der Waals surface area contributed by atoms with Crippen molar-refractivity contribution >= 4 is 11.6 Å². The highest BCUT2D eigenvalue weighted by Gasteiger charge is 2.19. The molecule has 0 bridgehead atoms. The summed E-state index contributed by atoms with van der Waals surface area (Å²) < 4.78 is 5.06. The number of benzene rings is 1. The molecule has 0 heterocycles. The topological polar surface area (TPSA) is 103 Å². The number of amides is 1. The van der Waals surface area contributed by atoms with Crippen LogP contribution >= 0.6 is 0 Å². The Kier molecular flexibility index (Phi) is 4.53. The van der Waals surface area contributed by atoms with E-state index < -0.39 is 5.91 Å². The lowest BCUT2D eigenvalue weighted by atomic mass is 10.1. The van der Waals surface area contributed by atoms with Crippen molar-refractivity contribution in [2.45, 2.75) is 0 Å². The zero-order valence-electron chi connectivity index (χ0n) is 9.88. The average Bonchev–Trinajstić information content (AvgIpc) is 2.37. The third-order valence-electron chi connectivity index (χ3n) is 2.26. The lowest BCUT2D eigenvalue weighted by molar-refractivity contribution is 0.0791. The van der Waals surface area contributed by atoms with Gasteiger partial charge in [-0.2, -0.15) is 10.5 Å². The molecule has 0 atom stereocenters. The fraction of sp³-hybridized carbons (Fsp3) is 0.250. The minimum absolute atomic E-state index is 0.162. The Morgan fingerprint density at radius 2 is 2.00 bits per heavy atom. The molecule has 0 saturated carbocycles. The van der Waals surface area contributed by atoms with E-state index in [4.69, 9.17) is 21.0 Å². The van der Waals surface area contributed by atoms with Crippen LogP contribution in [0, 0.1) is 22.7 Å². The zero-order chi connectivity index (χ0) is 13.5. The standard InChI is InChI=1S/C12H12N4O2/c1-18-11-3-2-9(15)8-10(11)12(17)16(6-4-13)7-5-14/h2-3,8H,6-7,15H2,1H3. The fourth-order valence-electron chi connectivity index (χ4n) is 1.43. The Morgan fingerprint density at radius 1 is 1.39 bits per heavy atom. The predicted molar refractivity (Wildman–Crippen MR) is 64.5 cm³/mol. The van der Waals surface area contributed by atoms with Crippen LogP contribution in [0.2, 0.25) is 0 Å². The van der Waals surface area contributed by atoms with Gasteiger partial charge in [0, 0.05) is 5.69 Å². The number of carbonyl (C=O) groups is 1. The molecule has 0 aliphatic heterocycles. The summed E-state index contributed by atoms with van der Waals surface area (Å²) in [7, 11) is 1.43. The van der Waals surface area contributed by atoms with Crippen molar-refractivity contribution in [2.24, 2.45) is 0 Å². The third-order valence-corrected chi connectivity index (χ3v) is 2.26. The zero-order valence-corrected chi connectivity index (χ0v) is 9.88. The number of nitrogens with two attached hydrogens (primary N) is 1. The normalized spacial score (nSPS) is 9.06. The lowest BCUT2D eigenvalue weighted by Gasteiger charge is -2.17. The van der Waals surface area contributed by atoms with Gasteiger partial charge in [0.05, 0.1) is 24.8 Å². The molecular formula is C12H12N4O2. The van der Waals surface area contributed by atoms with E-state index in [-0.39, 0.29) is 18.7 Å². The number of hydrogen-bond donors (Lipinski definition) is 1. The van der Waals surface area contributed by atoms with Gasteiger partial charge in [-0.1, -0.05) is 0 Å². The van der Waals surface area contributed by atoms with Crippen molar-refractivity contribution in [1.29, 1.82) is 10.5 Å². The number of ether oxygens (including phenoxy) is 1. The molecular weight excluding hydrogens is 232 g/mol. The van der Waals surface area contributed by atoms with E-state index >= 15 is 0 Å². The van der Waals surface area contributed by atoms with Crippen molar-refractivity contribution in [3.8, 4) is 17.9 Å². The Labute approximate surface area is 105 Å². The van der Waals surface area contributed by atoms with E-state index in [2.05, 4.69) is 0 Å². The van der Waals surface area contributed by atoms with E-state index in [0.717, 1.165) is 4.90 Å². The van der Waals surface area contributed by atoms with Gasteiger partial charge in [-0.05, 0) is 18.2 Å². The molecule has 1 aromatic carbocycles. The first kappa shape index (κ1) is 13.3. The van der Waals surface area contributed by atoms with Crippen LogP contribution in [0.15, 0.2) is 18.2 Å². The first-order valence-corrected chi connectivity index (χ1v) is 5.10. The minimum Gasteiger partial charge on any atom is -0.496 e. The van der Waals surface area contributed by atoms with Crippen molar-refractivity contribution < 1.29 is 9.53 Å². The number of hydrogen-bond acceptors (Lipinski definition) is 5. The van der Waals surface area contributed by atoms with Gasteiger partial charge in [-0.3, -0.25) is 4.79 Å². The number of rotatable bonds is 4. The van der Waals surface area contributed by atoms with Crippen LogP contribution in [0.1, 0.15) is 10.4 Å². The highest BCUT2D eigenvalue weighted by atomic mass is 16.5. The maximum atomic E-state index is 12.1. The second-order valence-corrected chi connectivity index (χ2v) is 3.44. The van der Waals surface area contributed by atoms with E-state index in [1.165, 1.54) is 13.2 Å². The second-order valence-electron chi connectivity index (χ2n) is 3.44. The predicted octanol–water partition coefficient (Wildman–Crippen LogP) is 0.767. The maximum Gasteiger partial charge on any atom is 0.259 e. The molecule has 1 rings (SSSR count). The smallest absolute Gasteiger partial charge is 0.259 e. The van der Waals surface area contributed by atoms with Crippen molar-refractivity contribution in [3.05, 3.63) is 23.8 Å². The largest absolute Gasteiger partial charge is 0.496 e. The van der Waals surface area contributed by atoms with Crippen LogP contribution in [0.25, 0.3) is 0 Å². The van der Waals surface area contributed by atoms with E-state index in [0.29, 0.717) is 11.4 Å². The SMILES string of the molecule is COc1ccc(N)cc1C(=O)N(CC#N)CC#N. The van der Waals surface area contributed by atoms with Crippen LogP contribution in [0.4, 0.5) is 5.69 Å². The summed E-state index contributed by atoms with van der Waals surface area (Å²) in [4.78, 5) is 13.3. The van der Waals surface area contributed by atoms with Gasteiger partial charge in [0.1, 0.15) is 18.8 Å². The summed E-state index contributed by atoms with van der Waals surface area (Å²) in [6.07, 6.45) is 0. The van der Waals surface area contributed by atoms with Gasteiger partial charge >= 0.3 is 0 Å². The second kappa shape index (κ2) is 6.12. The van der Waals surface area contributed by atoms with Gasteiger partial charge < -0.3 is 15.4 Å². The molecule has 92 valence electrons. The first-order valence-electron chi connectivity index (χ1n) is 5.10. The van der Waals surface area contributed by atoms with Gasteiger partial charge in [0.25, 0.3) is 5.91 Å². The highest BCUT2D eigenvalue weighted by molar-refractivity contribution is 5.98. The number of methoxy groups -OCH3 is 1. The molecule has 6 heteroatoms. The fourth-order valence-corrected chi connectivity index (χ4v) is 1.43. The number of nitrogens with zero attached hydrogens (tertiary/aromatic N) is 3. The Morgan fingerprint density at radius 3 is 2.50 bits per heavy atom. The van der Waals surface area contributed by atoms with Crippen molar-refractivity contribution in [3.63, 3.8) is 0 Å². The van der Waals surface area contributed by atoms with Crippen molar-refractivity contribution in [1.82, 2.24) is 4.90 Å². The van der Waals surface area contributed by atoms with Gasteiger partial charge in [0.15, 0.2) is 0 Å². The van der Waals surface area contributed by atoms with Gasteiger partial charge in [-0.25, -0.2) is 0 Å². The quantitative estimate of drug-likeness (QED) is 0.622. The average molecular weight is 244 g/mol. The Bertz CT molecular complexity index is 512. The van der Waals surface area contributed by atoms with E-state index in [9.17, 15) is 4.79 Å². The molecule has 6 nitrogen and oxygen atoms in total. The summed E-state index contributed by atoms with van der Waals surface area (Å²) >= 11 is 0. The van der Waals surface area contributed by atoms with Crippen LogP contribution in [-0.2, 0) is 0 Å². The van der Waals surface area contributed by atoms with Crippen molar-refractivity contribution in [2.75, 3.05) is 25.9 Å². The monoisotopic (exact) mass is 244 g/mol. The third kappa shape index (κ3) is 2.89. The summed E-state index contributed by atoms with van der Waals surface area (Å²) in [6.45, 7) is -0.325. The van der Waals surface area contributed by atoms with Crippen LogP contribution < -0.4 is 10.5 Å². The molecule has 0 aromatic heterocycles. The molecule has 0 spiro atoms. The van der Waals surface area contributed by atoms with Gasteiger partial charge in [-0.15, -0.1) is 0 Å².